The molecule has 2 rings (SSSR count). The van der Waals surface area contributed by atoms with Crippen molar-refractivity contribution in [3.63, 3.8) is 0 Å². The minimum Gasteiger partial charge on any atom is -0.206 e. The molecule has 0 fully saturated rings. The molecule has 0 unspecified atom stereocenters. The Hall–Kier alpha value is -1.37. The first-order valence-electron chi connectivity index (χ1n) is 4.75. The van der Waals surface area contributed by atoms with E-state index < -0.39 is 0 Å². The molecule has 0 atom stereocenters. The van der Waals surface area contributed by atoms with Crippen LogP contribution in [-0.4, -0.2) is 0 Å². The zero-order chi connectivity index (χ0) is 10.3. The molecule has 0 bridgehead atoms. The second kappa shape index (κ2) is 3.09. The van der Waals surface area contributed by atoms with Gasteiger partial charge < -0.3 is 0 Å². The molecule has 2 aromatic rings. The number of halogens is 1. The zero-order valence-electron chi connectivity index (χ0n) is 8.69. The number of benzene rings is 2. The minimum atomic E-state index is -0.0805. The molecule has 1 heteroatoms. The van der Waals surface area contributed by atoms with Crippen molar-refractivity contribution in [2.75, 3.05) is 0 Å². The third kappa shape index (κ3) is 1.29. The molecular formula is C13H13F. The van der Waals surface area contributed by atoms with E-state index in [9.17, 15) is 4.39 Å². The molecule has 14 heavy (non-hydrogen) atoms. The van der Waals surface area contributed by atoms with Gasteiger partial charge in [-0.25, -0.2) is 4.39 Å². The number of fused-ring (bicyclic) bond motifs is 1. The Morgan fingerprint density at radius 2 is 1.71 bits per heavy atom. The van der Waals surface area contributed by atoms with Crippen molar-refractivity contribution in [2.24, 2.45) is 0 Å². The van der Waals surface area contributed by atoms with Crippen LogP contribution in [0.5, 0.6) is 0 Å². The molecule has 2 aromatic carbocycles. The highest BCUT2D eigenvalue weighted by Gasteiger charge is 2.06. The fourth-order valence-corrected chi connectivity index (χ4v) is 1.83. The molecule has 0 nitrogen and oxygen atoms in total. The van der Waals surface area contributed by atoms with Crippen LogP contribution >= 0.6 is 0 Å². The molecule has 0 aliphatic heterocycles. The maximum Gasteiger partial charge on any atom is 0.129 e. The first-order valence-corrected chi connectivity index (χ1v) is 4.75. The van der Waals surface area contributed by atoms with Crippen molar-refractivity contribution < 1.29 is 4.39 Å². The summed E-state index contributed by atoms with van der Waals surface area (Å²) in [6.45, 7) is 5.67. The van der Waals surface area contributed by atoms with Crippen LogP contribution in [-0.2, 0) is 0 Å². The van der Waals surface area contributed by atoms with Gasteiger partial charge in [0, 0.05) is 0 Å². The average molecular weight is 188 g/mol. The SMILES string of the molecule is Cc1ccc2cc(C)c(F)c(C)c2c1. The van der Waals surface area contributed by atoms with Gasteiger partial charge in [-0.1, -0.05) is 23.8 Å². The van der Waals surface area contributed by atoms with E-state index in [2.05, 4.69) is 6.07 Å². The van der Waals surface area contributed by atoms with Crippen LogP contribution in [0.25, 0.3) is 10.8 Å². The van der Waals surface area contributed by atoms with Crippen LogP contribution < -0.4 is 0 Å². The molecule has 0 radical (unpaired) electrons. The van der Waals surface area contributed by atoms with Gasteiger partial charge in [0.1, 0.15) is 5.82 Å². The minimum absolute atomic E-state index is 0.0805. The van der Waals surface area contributed by atoms with Crippen molar-refractivity contribution in [3.05, 3.63) is 46.8 Å². The summed E-state index contributed by atoms with van der Waals surface area (Å²) in [4.78, 5) is 0. The third-order valence-electron chi connectivity index (χ3n) is 2.66. The van der Waals surface area contributed by atoms with Crippen LogP contribution in [0.4, 0.5) is 4.39 Å². The molecule has 72 valence electrons. The van der Waals surface area contributed by atoms with E-state index in [1.165, 1.54) is 5.56 Å². The summed E-state index contributed by atoms with van der Waals surface area (Å²) < 4.78 is 13.6. The van der Waals surface area contributed by atoms with Crippen molar-refractivity contribution in [3.8, 4) is 0 Å². The van der Waals surface area contributed by atoms with E-state index in [0.717, 1.165) is 21.9 Å². The second-order valence-electron chi connectivity index (χ2n) is 3.86. The van der Waals surface area contributed by atoms with Crippen LogP contribution in [0.1, 0.15) is 16.7 Å². The topological polar surface area (TPSA) is 0 Å². The highest BCUT2D eigenvalue weighted by Crippen LogP contribution is 2.24. The fourth-order valence-electron chi connectivity index (χ4n) is 1.83. The van der Waals surface area contributed by atoms with Gasteiger partial charge in [0.05, 0.1) is 0 Å². The predicted octanol–water partition coefficient (Wildman–Crippen LogP) is 3.90. The van der Waals surface area contributed by atoms with Gasteiger partial charge in [0.25, 0.3) is 0 Å². The van der Waals surface area contributed by atoms with Crippen LogP contribution in [0.15, 0.2) is 24.3 Å². The fraction of sp³-hybridized carbons (Fsp3) is 0.231. The molecule has 0 spiro atoms. The highest BCUT2D eigenvalue weighted by atomic mass is 19.1. The van der Waals surface area contributed by atoms with Crippen molar-refractivity contribution in [1.29, 1.82) is 0 Å². The number of hydrogen-bond donors (Lipinski definition) is 0. The third-order valence-corrected chi connectivity index (χ3v) is 2.66. The zero-order valence-corrected chi connectivity index (χ0v) is 8.69. The Morgan fingerprint density at radius 1 is 1.00 bits per heavy atom. The molecular weight excluding hydrogens is 175 g/mol. The molecule has 0 heterocycles. The van der Waals surface area contributed by atoms with Gasteiger partial charge in [-0.2, -0.15) is 0 Å². The molecule has 0 aromatic heterocycles. The Labute approximate surface area is 83.4 Å². The lowest BCUT2D eigenvalue weighted by Gasteiger charge is -2.07. The second-order valence-corrected chi connectivity index (χ2v) is 3.86. The van der Waals surface area contributed by atoms with E-state index in [1.807, 2.05) is 39.0 Å². The summed E-state index contributed by atoms with van der Waals surface area (Å²) in [6, 6.07) is 8.04. The summed E-state index contributed by atoms with van der Waals surface area (Å²) in [5.41, 5.74) is 2.64. The van der Waals surface area contributed by atoms with Crippen molar-refractivity contribution >= 4 is 10.8 Å². The number of aryl methyl sites for hydroxylation is 3. The largest absolute Gasteiger partial charge is 0.206 e. The lowest BCUT2D eigenvalue weighted by Crippen LogP contribution is -1.90. The Bertz CT molecular complexity index is 498. The Morgan fingerprint density at radius 3 is 2.43 bits per heavy atom. The van der Waals surface area contributed by atoms with Crippen LogP contribution in [0, 0.1) is 26.6 Å². The van der Waals surface area contributed by atoms with Gasteiger partial charge in [-0.05, 0) is 48.7 Å². The van der Waals surface area contributed by atoms with E-state index in [1.54, 1.807) is 0 Å². The van der Waals surface area contributed by atoms with E-state index in [4.69, 9.17) is 0 Å². The van der Waals surface area contributed by atoms with Crippen LogP contribution in [0.2, 0.25) is 0 Å². The summed E-state index contributed by atoms with van der Waals surface area (Å²) in [7, 11) is 0. The normalized spacial score (nSPS) is 10.9. The molecule has 0 amide bonds. The van der Waals surface area contributed by atoms with Gasteiger partial charge in [0.2, 0.25) is 0 Å². The van der Waals surface area contributed by atoms with E-state index in [-0.39, 0.29) is 5.82 Å². The van der Waals surface area contributed by atoms with Crippen LogP contribution in [0.3, 0.4) is 0 Å². The van der Waals surface area contributed by atoms with Gasteiger partial charge >= 0.3 is 0 Å². The molecule has 0 aliphatic rings. The first kappa shape index (κ1) is 9.20. The summed E-state index contributed by atoms with van der Waals surface area (Å²) in [6.07, 6.45) is 0. The summed E-state index contributed by atoms with van der Waals surface area (Å²) in [5, 5.41) is 2.14. The highest BCUT2D eigenvalue weighted by molar-refractivity contribution is 5.87. The molecule has 0 aliphatic carbocycles. The standard InChI is InChI=1S/C13H13F/c1-8-4-5-11-7-9(2)13(14)10(3)12(11)6-8/h4-7H,1-3H3. The quantitative estimate of drug-likeness (QED) is 0.588. The Balaban J connectivity index is 2.92. The monoisotopic (exact) mass is 188 g/mol. The lowest BCUT2D eigenvalue weighted by molar-refractivity contribution is 0.612. The van der Waals surface area contributed by atoms with E-state index in [0.29, 0.717) is 0 Å². The molecule has 0 saturated heterocycles. The number of hydrogen-bond acceptors (Lipinski definition) is 0. The maximum absolute atomic E-state index is 13.6. The van der Waals surface area contributed by atoms with Gasteiger partial charge in [-0.3, -0.25) is 0 Å². The lowest BCUT2D eigenvalue weighted by atomic mass is 10.00. The van der Waals surface area contributed by atoms with Gasteiger partial charge in [0.15, 0.2) is 0 Å². The molecule has 0 saturated carbocycles. The van der Waals surface area contributed by atoms with E-state index >= 15 is 0 Å². The van der Waals surface area contributed by atoms with Crippen molar-refractivity contribution in [2.45, 2.75) is 20.8 Å². The summed E-state index contributed by atoms with van der Waals surface area (Å²) in [5.74, 6) is -0.0805. The van der Waals surface area contributed by atoms with Crippen molar-refractivity contribution in [1.82, 2.24) is 0 Å². The summed E-state index contributed by atoms with van der Waals surface area (Å²) >= 11 is 0. The molecule has 0 N–H and O–H groups in total. The number of rotatable bonds is 0. The average Bonchev–Trinajstić information content (AvgIpc) is 2.16. The Kier molecular flexibility index (Phi) is 2.03. The smallest absolute Gasteiger partial charge is 0.129 e. The maximum atomic E-state index is 13.6. The predicted molar refractivity (Wildman–Crippen MR) is 58.1 cm³/mol. The first-order chi connectivity index (χ1) is 6.59. The van der Waals surface area contributed by atoms with Gasteiger partial charge in [-0.15, -0.1) is 0 Å².